The van der Waals surface area contributed by atoms with Crippen molar-refractivity contribution in [3.63, 3.8) is 0 Å². The van der Waals surface area contributed by atoms with E-state index in [1.54, 1.807) is 7.11 Å². The average molecular weight is 303 g/mol. The first-order chi connectivity index (χ1) is 9.68. The third kappa shape index (κ3) is 5.26. The van der Waals surface area contributed by atoms with Crippen LogP contribution >= 0.6 is 11.8 Å². The van der Waals surface area contributed by atoms with Crippen LogP contribution in [0.25, 0.3) is 0 Å². The Morgan fingerprint density at radius 1 is 1.45 bits per heavy atom. The fraction of sp³-hybridized carbons (Fsp3) is 0.933. The van der Waals surface area contributed by atoms with Crippen molar-refractivity contribution < 1.29 is 14.3 Å². The minimum Gasteiger partial charge on any atom is -0.465 e. The Hall–Kier alpha value is -0.260. The van der Waals surface area contributed by atoms with E-state index in [-0.39, 0.29) is 5.97 Å². The first kappa shape index (κ1) is 17.8. The van der Waals surface area contributed by atoms with Gasteiger partial charge in [-0.15, -0.1) is 0 Å². The van der Waals surface area contributed by atoms with Crippen molar-refractivity contribution >= 4 is 17.7 Å². The average Bonchev–Trinajstić information content (AvgIpc) is 2.46. The fourth-order valence-corrected chi connectivity index (χ4v) is 4.05. The van der Waals surface area contributed by atoms with Gasteiger partial charge in [0, 0.05) is 18.1 Å². The molecular formula is C15H29NO3S. The van der Waals surface area contributed by atoms with Gasteiger partial charge in [-0.25, -0.2) is 0 Å². The molecule has 0 aliphatic heterocycles. The van der Waals surface area contributed by atoms with Crippen LogP contribution < -0.4 is 5.32 Å². The predicted octanol–water partition coefficient (Wildman–Crippen LogP) is 2.61. The topological polar surface area (TPSA) is 47.6 Å². The minimum atomic E-state index is -0.463. The third-order valence-electron chi connectivity index (χ3n) is 3.73. The highest BCUT2D eigenvalue weighted by atomic mass is 32.2. The number of methoxy groups -OCH3 is 1. The highest BCUT2D eigenvalue weighted by Crippen LogP contribution is 2.36. The van der Waals surface area contributed by atoms with Gasteiger partial charge in [-0.3, -0.25) is 4.79 Å². The van der Waals surface area contributed by atoms with Crippen LogP contribution in [0.1, 0.15) is 46.0 Å². The standard InChI is InChI=1S/C15H29NO3S/c1-4-9-16-15(14(17)19-5-2)8-6-7-13(12-15)20-11-10-18-3/h13,16H,4-12H2,1-3H3. The molecule has 0 spiro atoms. The first-order valence-corrected chi connectivity index (χ1v) is 8.76. The van der Waals surface area contributed by atoms with Gasteiger partial charge in [0.15, 0.2) is 0 Å². The first-order valence-electron chi connectivity index (χ1n) is 7.71. The molecule has 0 aromatic rings. The van der Waals surface area contributed by atoms with Crippen molar-refractivity contribution in [2.24, 2.45) is 0 Å². The number of carbonyl (C=O) groups excluding carboxylic acids is 1. The summed E-state index contributed by atoms with van der Waals surface area (Å²) in [4.78, 5) is 12.4. The molecule has 20 heavy (non-hydrogen) atoms. The lowest BCUT2D eigenvalue weighted by atomic mass is 9.81. The molecule has 0 heterocycles. The molecule has 0 amide bonds. The van der Waals surface area contributed by atoms with Crippen LogP contribution in [0.5, 0.6) is 0 Å². The quantitative estimate of drug-likeness (QED) is 0.524. The Bertz CT molecular complexity index is 288. The van der Waals surface area contributed by atoms with Gasteiger partial charge in [-0.2, -0.15) is 11.8 Å². The number of ether oxygens (including phenoxy) is 2. The second-order valence-electron chi connectivity index (χ2n) is 5.31. The molecule has 0 aromatic heterocycles. The number of rotatable bonds is 9. The zero-order valence-corrected chi connectivity index (χ0v) is 13.9. The number of hydrogen-bond acceptors (Lipinski definition) is 5. The lowest BCUT2D eigenvalue weighted by Gasteiger charge is -2.39. The molecule has 1 fully saturated rings. The van der Waals surface area contributed by atoms with Crippen molar-refractivity contribution in [3.8, 4) is 0 Å². The third-order valence-corrected chi connectivity index (χ3v) is 5.00. The molecule has 118 valence electrons. The Balaban J connectivity index is 2.63. The molecule has 2 atom stereocenters. The number of esters is 1. The second-order valence-corrected chi connectivity index (χ2v) is 6.72. The van der Waals surface area contributed by atoms with E-state index < -0.39 is 5.54 Å². The van der Waals surface area contributed by atoms with Gasteiger partial charge < -0.3 is 14.8 Å². The van der Waals surface area contributed by atoms with E-state index in [9.17, 15) is 4.79 Å². The van der Waals surface area contributed by atoms with E-state index in [0.717, 1.165) is 44.6 Å². The van der Waals surface area contributed by atoms with Crippen molar-refractivity contribution in [3.05, 3.63) is 0 Å². The number of nitrogens with one attached hydrogen (secondary N) is 1. The summed E-state index contributed by atoms with van der Waals surface area (Å²) in [5.41, 5.74) is -0.463. The highest BCUT2D eigenvalue weighted by molar-refractivity contribution is 7.99. The molecule has 1 saturated carbocycles. The van der Waals surface area contributed by atoms with Gasteiger partial charge in [0.25, 0.3) is 0 Å². The summed E-state index contributed by atoms with van der Waals surface area (Å²) in [5.74, 6) is 0.930. The summed E-state index contributed by atoms with van der Waals surface area (Å²) in [6.45, 7) is 6.10. The highest BCUT2D eigenvalue weighted by Gasteiger charge is 2.43. The van der Waals surface area contributed by atoms with Gasteiger partial charge in [0.05, 0.1) is 13.2 Å². The van der Waals surface area contributed by atoms with Crippen molar-refractivity contribution in [2.45, 2.75) is 56.7 Å². The SMILES string of the molecule is CCCNC1(C(=O)OCC)CCCC(SCCOC)C1. The van der Waals surface area contributed by atoms with Crippen molar-refractivity contribution in [1.29, 1.82) is 0 Å². The monoisotopic (exact) mass is 303 g/mol. The molecule has 1 aliphatic carbocycles. The summed E-state index contributed by atoms with van der Waals surface area (Å²) in [7, 11) is 1.73. The molecule has 4 nitrogen and oxygen atoms in total. The second kappa shape index (κ2) is 9.64. The van der Waals surface area contributed by atoms with Gasteiger partial charge in [0.1, 0.15) is 5.54 Å². The van der Waals surface area contributed by atoms with Gasteiger partial charge in [0.2, 0.25) is 0 Å². The Kier molecular flexibility index (Phi) is 8.57. The molecule has 5 heteroatoms. The smallest absolute Gasteiger partial charge is 0.326 e. The molecular weight excluding hydrogens is 274 g/mol. The maximum Gasteiger partial charge on any atom is 0.326 e. The van der Waals surface area contributed by atoms with Gasteiger partial charge in [-0.1, -0.05) is 6.92 Å². The molecule has 0 bridgehead atoms. The normalized spacial score (nSPS) is 26.4. The largest absolute Gasteiger partial charge is 0.465 e. The molecule has 0 radical (unpaired) electrons. The van der Waals surface area contributed by atoms with Gasteiger partial charge in [-0.05, 0) is 45.6 Å². The van der Waals surface area contributed by atoms with E-state index >= 15 is 0 Å². The molecule has 0 saturated heterocycles. The molecule has 2 unspecified atom stereocenters. The van der Waals surface area contributed by atoms with Crippen LogP contribution in [0.15, 0.2) is 0 Å². The Morgan fingerprint density at radius 2 is 2.25 bits per heavy atom. The maximum atomic E-state index is 12.4. The van der Waals surface area contributed by atoms with Crippen LogP contribution in [-0.2, 0) is 14.3 Å². The summed E-state index contributed by atoms with van der Waals surface area (Å²) < 4.78 is 10.4. The number of thioether (sulfide) groups is 1. The maximum absolute atomic E-state index is 12.4. The summed E-state index contributed by atoms with van der Waals surface area (Å²) >= 11 is 1.92. The number of carbonyl (C=O) groups is 1. The zero-order chi connectivity index (χ0) is 14.8. The Morgan fingerprint density at radius 3 is 2.90 bits per heavy atom. The molecule has 1 rings (SSSR count). The van der Waals surface area contributed by atoms with E-state index in [2.05, 4.69) is 12.2 Å². The lowest BCUT2D eigenvalue weighted by Crippen LogP contribution is -2.56. The summed E-state index contributed by atoms with van der Waals surface area (Å²) in [6.07, 6.45) is 5.07. The van der Waals surface area contributed by atoms with E-state index in [4.69, 9.17) is 9.47 Å². The summed E-state index contributed by atoms with van der Waals surface area (Å²) in [6, 6.07) is 0. The minimum absolute atomic E-state index is 0.0644. The van der Waals surface area contributed by atoms with E-state index in [0.29, 0.717) is 11.9 Å². The van der Waals surface area contributed by atoms with Crippen LogP contribution in [0.4, 0.5) is 0 Å². The Labute approximate surface area is 127 Å². The molecule has 0 aromatic carbocycles. The van der Waals surface area contributed by atoms with E-state index in [1.165, 1.54) is 6.42 Å². The van der Waals surface area contributed by atoms with Crippen LogP contribution in [-0.4, -0.2) is 49.4 Å². The van der Waals surface area contributed by atoms with Crippen LogP contribution in [0, 0.1) is 0 Å². The lowest BCUT2D eigenvalue weighted by molar-refractivity contribution is -0.152. The summed E-state index contributed by atoms with van der Waals surface area (Å²) in [5, 5.41) is 3.99. The molecule has 1 N–H and O–H groups in total. The molecule has 1 aliphatic rings. The van der Waals surface area contributed by atoms with E-state index in [1.807, 2.05) is 18.7 Å². The predicted molar refractivity (Wildman–Crippen MR) is 84.2 cm³/mol. The number of hydrogen-bond donors (Lipinski definition) is 1. The van der Waals surface area contributed by atoms with Gasteiger partial charge >= 0.3 is 5.97 Å². The fourth-order valence-electron chi connectivity index (χ4n) is 2.72. The van der Waals surface area contributed by atoms with Crippen LogP contribution in [0.3, 0.4) is 0 Å². The zero-order valence-electron chi connectivity index (χ0n) is 13.1. The van der Waals surface area contributed by atoms with Crippen LogP contribution in [0.2, 0.25) is 0 Å². The van der Waals surface area contributed by atoms with Crippen molar-refractivity contribution in [1.82, 2.24) is 5.32 Å². The van der Waals surface area contributed by atoms with Crippen molar-refractivity contribution in [2.75, 3.05) is 32.6 Å².